The molecule has 0 bridgehead atoms. The van der Waals surface area contributed by atoms with Crippen LogP contribution in [0.3, 0.4) is 0 Å². The van der Waals surface area contributed by atoms with Gasteiger partial charge in [-0.2, -0.15) is 0 Å². The van der Waals surface area contributed by atoms with Crippen molar-refractivity contribution < 1.29 is 4.79 Å². The highest BCUT2D eigenvalue weighted by molar-refractivity contribution is 5.95. The summed E-state index contributed by atoms with van der Waals surface area (Å²) in [4.78, 5) is 26.2. The van der Waals surface area contributed by atoms with Crippen molar-refractivity contribution >= 4 is 5.91 Å². The Bertz CT molecular complexity index is 746. The lowest BCUT2D eigenvalue weighted by molar-refractivity contribution is 0.0760. The highest BCUT2D eigenvalue weighted by Gasteiger charge is 2.22. The highest BCUT2D eigenvalue weighted by Crippen LogP contribution is 2.15. The first-order valence-electron chi connectivity index (χ1n) is 9.61. The Morgan fingerprint density at radius 1 is 1.04 bits per heavy atom. The van der Waals surface area contributed by atoms with Crippen LogP contribution in [0.25, 0.3) is 0 Å². The van der Waals surface area contributed by atoms with Crippen LogP contribution in [-0.4, -0.2) is 51.9 Å². The van der Waals surface area contributed by atoms with Gasteiger partial charge < -0.3 is 4.90 Å². The van der Waals surface area contributed by atoms with Crippen LogP contribution < -0.4 is 0 Å². The second kappa shape index (κ2) is 8.90. The van der Waals surface area contributed by atoms with Crippen molar-refractivity contribution in [3.05, 3.63) is 59.2 Å². The average molecular weight is 352 g/mol. The molecule has 1 fully saturated rings. The minimum Gasteiger partial charge on any atom is -0.337 e. The van der Waals surface area contributed by atoms with Crippen molar-refractivity contribution in [2.45, 2.75) is 39.7 Å². The van der Waals surface area contributed by atoms with Crippen LogP contribution in [0.2, 0.25) is 0 Å². The molecule has 5 nitrogen and oxygen atoms in total. The van der Waals surface area contributed by atoms with Gasteiger partial charge in [0.1, 0.15) is 5.82 Å². The summed E-state index contributed by atoms with van der Waals surface area (Å²) in [6.45, 7) is 8.45. The zero-order chi connectivity index (χ0) is 18.4. The number of amides is 1. The van der Waals surface area contributed by atoms with Gasteiger partial charge in [-0.3, -0.25) is 9.69 Å². The van der Waals surface area contributed by atoms with Crippen LogP contribution in [0.4, 0.5) is 0 Å². The monoisotopic (exact) mass is 352 g/mol. The molecule has 26 heavy (non-hydrogen) atoms. The van der Waals surface area contributed by atoms with Gasteiger partial charge in [0.15, 0.2) is 0 Å². The Morgan fingerprint density at radius 3 is 2.69 bits per heavy atom. The largest absolute Gasteiger partial charge is 0.337 e. The van der Waals surface area contributed by atoms with Gasteiger partial charge >= 0.3 is 0 Å². The van der Waals surface area contributed by atoms with Gasteiger partial charge in [0.25, 0.3) is 5.91 Å². The van der Waals surface area contributed by atoms with Crippen LogP contribution >= 0.6 is 0 Å². The molecule has 1 aliphatic heterocycles. The predicted molar refractivity (Wildman–Crippen MR) is 103 cm³/mol. The molecule has 0 radical (unpaired) electrons. The third-order valence-corrected chi connectivity index (χ3v) is 4.97. The van der Waals surface area contributed by atoms with Crippen molar-refractivity contribution in [1.29, 1.82) is 0 Å². The first kappa shape index (κ1) is 18.5. The standard InChI is InChI=1S/C21H28N4O/c1-3-17-8-5-6-9-19(17)21(26)25-13-7-12-24(14-15-25)16-18-10-11-22-20(4-2)23-18/h5-6,8-11H,3-4,7,12-16H2,1-2H3. The molecule has 1 saturated heterocycles. The summed E-state index contributed by atoms with van der Waals surface area (Å²) in [6.07, 6.45) is 4.57. The minimum atomic E-state index is 0.166. The summed E-state index contributed by atoms with van der Waals surface area (Å²) in [5, 5.41) is 0. The Kier molecular flexibility index (Phi) is 6.34. The molecule has 1 aromatic carbocycles. The van der Waals surface area contributed by atoms with Gasteiger partial charge in [-0.05, 0) is 30.5 Å². The quantitative estimate of drug-likeness (QED) is 0.830. The molecule has 3 rings (SSSR count). The molecule has 2 heterocycles. The van der Waals surface area contributed by atoms with Gasteiger partial charge in [-0.15, -0.1) is 0 Å². The number of carbonyl (C=O) groups excluding carboxylic acids is 1. The fraction of sp³-hybridized carbons (Fsp3) is 0.476. The van der Waals surface area contributed by atoms with E-state index in [0.29, 0.717) is 0 Å². The summed E-state index contributed by atoms with van der Waals surface area (Å²) >= 11 is 0. The minimum absolute atomic E-state index is 0.166. The molecule has 0 spiro atoms. The van der Waals surface area contributed by atoms with Gasteiger partial charge in [-0.25, -0.2) is 9.97 Å². The number of nitrogens with zero attached hydrogens (tertiary/aromatic N) is 4. The number of benzene rings is 1. The predicted octanol–water partition coefficient (Wildman–Crippen LogP) is 2.95. The molecule has 1 aliphatic rings. The second-order valence-corrected chi connectivity index (χ2v) is 6.75. The summed E-state index contributed by atoms with van der Waals surface area (Å²) in [5.41, 5.74) is 3.05. The molecule has 0 N–H and O–H groups in total. The number of carbonyl (C=O) groups is 1. The van der Waals surface area contributed by atoms with Crippen LogP contribution in [0.1, 0.15) is 47.7 Å². The normalized spacial score (nSPS) is 15.7. The number of aryl methyl sites for hydroxylation is 2. The van der Waals surface area contributed by atoms with Crippen LogP contribution in [-0.2, 0) is 19.4 Å². The number of hydrogen-bond donors (Lipinski definition) is 0. The van der Waals surface area contributed by atoms with Crippen molar-refractivity contribution in [1.82, 2.24) is 19.8 Å². The summed E-state index contributed by atoms with van der Waals surface area (Å²) < 4.78 is 0. The lowest BCUT2D eigenvalue weighted by atomic mass is 10.0. The van der Waals surface area contributed by atoms with Gasteiger partial charge in [-0.1, -0.05) is 32.0 Å². The first-order valence-corrected chi connectivity index (χ1v) is 9.61. The van der Waals surface area contributed by atoms with E-state index in [-0.39, 0.29) is 5.91 Å². The fourth-order valence-corrected chi connectivity index (χ4v) is 3.47. The van der Waals surface area contributed by atoms with Gasteiger partial charge in [0.05, 0.1) is 5.69 Å². The smallest absolute Gasteiger partial charge is 0.254 e. The number of rotatable bonds is 5. The highest BCUT2D eigenvalue weighted by atomic mass is 16.2. The molecule has 2 aromatic rings. The van der Waals surface area contributed by atoms with Crippen LogP contribution in [0.5, 0.6) is 0 Å². The van der Waals surface area contributed by atoms with E-state index in [9.17, 15) is 4.79 Å². The summed E-state index contributed by atoms with van der Waals surface area (Å²) in [5.74, 6) is 1.06. The first-order chi connectivity index (χ1) is 12.7. The molecule has 1 aromatic heterocycles. The molecule has 0 atom stereocenters. The second-order valence-electron chi connectivity index (χ2n) is 6.75. The summed E-state index contributed by atoms with van der Waals surface area (Å²) in [6, 6.07) is 9.96. The Labute approximate surface area is 156 Å². The maximum Gasteiger partial charge on any atom is 0.254 e. The molecule has 0 unspecified atom stereocenters. The molecular formula is C21H28N4O. The van der Waals surface area contributed by atoms with E-state index in [1.165, 1.54) is 0 Å². The molecule has 138 valence electrons. The lowest BCUT2D eigenvalue weighted by Crippen LogP contribution is -2.35. The van der Waals surface area contributed by atoms with Gasteiger partial charge in [0, 0.05) is 50.9 Å². The van der Waals surface area contributed by atoms with Crippen molar-refractivity contribution in [3.8, 4) is 0 Å². The van der Waals surface area contributed by atoms with E-state index in [4.69, 9.17) is 0 Å². The molecule has 0 aliphatic carbocycles. The van der Waals surface area contributed by atoms with E-state index in [1.807, 2.05) is 35.4 Å². The van der Waals surface area contributed by atoms with Crippen LogP contribution in [0, 0.1) is 0 Å². The van der Waals surface area contributed by atoms with E-state index in [1.54, 1.807) is 0 Å². The Balaban J connectivity index is 1.63. The Morgan fingerprint density at radius 2 is 1.88 bits per heavy atom. The zero-order valence-electron chi connectivity index (χ0n) is 15.8. The molecular weight excluding hydrogens is 324 g/mol. The zero-order valence-corrected chi connectivity index (χ0v) is 15.8. The topological polar surface area (TPSA) is 49.3 Å². The SMILES string of the molecule is CCc1nccc(CN2CCCN(C(=O)c3ccccc3CC)CC2)n1. The van der Waals surface area contributed by atoms with Crippen LogP contribution in [0.15, 0.2) is 36.5 Å². The molecule has 1 amide bonds. The van der Waals surface area contributed by atoms with E-state index in [2.05, 4.69) is 34.8 Å². The van der Waals surface area contributed by atoms with Crippen molar-refractivity contribution in [2.75, 3.05) is 26.2 Å². The summed E-state index contributed by atoms with van der Waals surface area (Å²) in [7, 11) is 0. The average Bonchev–Trinajstić information content (AvgIpc) is 2.93. The van der Waals surface area contributed by atoms with Crippen molar-refractivity contribution in [3.63, 3.8) is 0 Å². The molecule has 0 saturated carbocycles. The lowest BCUT2D eigenvalue weighted by Gasteiger charge is -2.23. The number of aromatic nitrogens is 2. The van der Waals surface area contributed by atoms with E-state index >= 15 is 0 Å². The van der Waals surface area contributed by atoms with Gasteiger partial charge in [0.2, 0.25) is 0 Å². The van der Waals surface area contributed by atoms with Crippen molar-refractivity contribution in [2.24, 2.45) is 0 Å². The molecule has 5 heteroatoms. The number of hydrogen-bond acceptors (Lipinski definition) is 4. The fourth-order valence-electron chi connectivity index (χ4n) is 3.47. The van der Waals surface area contributed by atoms with E-state index in [0.717, 1.165) is 74.6 Å². The Hall–Kier alpha value is -2.27. The van der Waals surface area contributed by atoms with E-state index < -0.39 is 0 Å². The maximum absolute atomic E-state index is 13.0. The third-order valence-electron chi connectivity index (χ3n) is 4.97. The third kappa shape index (κ3) is 4.47. The maximum atomic E-state index is 13.0.